The normalized spacial score (nSPS) is 29.5. The number of hydrogen-bond donors (Lipinski definition) is 3. The Balaban J connectivity index is 1.28. The van der Waals surface area contributed by atoms with Gasteiger partial charge in [0.05, 0.1) is 5.69 Å². The number of amides is 3. The molecule has 0 aliphatic heterocycles. The van der Waals surface area contributed by atoms with E-state index < -0.39 is 11.8 Å². The monoisotopic (exact) mass is 418 g/mol. The average molecular weight is 419 g/mol. The smallest absolute Gasteiger partial charge is 0.247 e. The number of unbranched alkanes of at least 4 members (excludes halogenated alkanes) is 1. The maximum absolute atomic E-state index is 12.2. The number of hydrogen-bond acceptors (Lipinski definition) is 5. The van der Waals surface area contributed by atoms with Crippen LogP contribution in [0.15, 0.2) is 5.38 Å². The molecule has 1 aromatic heterocycles. The second-order valence-corrected chi connectivity index (χ2v) is 10.0. The van der Waals surface area contributed by atoms with Crippen LogP contribution >= 0.6 is 11.3 Å². The van der Waals surface area contributed by atoms with Crippen molar-refractivity contribution in [2.45, 2.75) is 76.5 Å². The summed E-state index contributed by atoms with van der Waals surface area (Å²) >= 11 is 1.44. The van der Waals surface area contributed by atoms with Gasteiger partial charge in [-0.2, -0.15) is 0 Å². The van der Waals surface area contributed by atoms with Crippen LogP contribution in [-0.2, 0) is 19.8 Å². The topological polar surface area (TPSA) is 100 Å². The molecule has 0 unspecified atom stereocenters. The molecule has 4 saturated carbocycles. The fraction of sp³-hybridized carbons (Fsp3) is 0.714. The van der Waals surface area contributed by atoms with E-state index >= 15 is 0 Å². The van der Waals surface area contributed by atoms with E-state index in [0.29, 0.717) is 11.6 Å². The zero-order valence-corrected chi connectivity index (χ0v) is 17.8. The summed E-state index contributed by atoms with van der Waals surface area (Å²) < 4.78 is 0. The van der Waals surface area contributed by atoms with Gasteiger partial charge in [-0.1, -0.05) is 13.3 Å². The van der Waals surface area contributed by atoms with Crippen molar-refractivity contribution in [3.05, 3.63) is 11.1 Å². The highest BCUT2D eigenvalue weighted by Crippen LogP contribution is 2.60. The summed E-state index contributed by atoms with van der Waals surface area (Å²) in [6, 6.07) is 0. The number of nitrogens with zero attached hydrogens (tertiary/aromatic N) is 1. The van der Waals surface area contributed by atoms with Gasteiger partial charge in [-0.15, -0.1) is 11.3 Å². The van der Waals surface area contributed by atoms with Crippen molar-refractivity contribution >= 4 is 34.2 Å². The highest BCUT2D eigenvalue weighted by Gasteiger charge is 2.52. The first-order chi connectivity index (χ1) is 14.0. The zero-order valence-electron chi connectivity index (χ0n) is 17.0. The highest BCUT2D eigenvalue weighted by molar-refractivity contribution is 7.14. The van der Waals surface area contributed by atoms with E-state index in [0.717, 1.165) is 36.3 Å². The van der Waals surface area contributed by atoms with Crippen molar-refractivity contribution in [3.63, 3.8) is 0 Å². The molecule has 5 rings (SSSR count). The molecule has 4 bridgehead atoms. The number of rotatable bonds is 7. The molecule has 0 radical (unpaired) electrons. The number of hydrazine groups is 1. The van der Waals surface area contributed by atoms with Crippen molar-refractivity contribution in [1.29, 1.82) is 0 Å². The molecule has 1 heterocycles. The largest absolute Gasteiger partial charge is 0.302 e. The number of carbonyl (C=O) groups is 3. The molecule has 4 fully saturated rings. The molecule has 7 nitrogen and oxygen atoms in total. The molecule has 0 aromatic carbocycles. The van der Waals surface area contributed by atoms with Gasteiger partial charge in [-0.25, -0.2) is 4.98 Å². The van der Waals surface area contributed by atoms with Crippen LogP contribution in [0.1, 0.15) is 76.8 Å². The van der Waals surface area contributed by atoms with Gasteiger partial charge >= 0.3 is 0 Å². The molecular formula is C21H30N4O3S. The predicted molar refractivity (Wildman–Crippen MR) is 111 cm³/mol. The molecular weight excluding hydrogens is 388 g/mol. The van der Waals surface area contributed by atoms with Gasteiger partial charge in [0.15, 0.2) is 5.13 Å². The molecule has 0 spiro atoms. The van der Waals surface area contributed by atoms with Crippen LogP contribution in [0.4, 0.5) is 5.13 Å². The van der Waals surface area contributed by atoms with Crippen molar-refractivity contribution in [3.8, 4) is 0 Å². The van der Waals surface area contributed by atoms with Crippen LogP contribution < -0.4 is 16.2 Å². The predicted octanol–water partition coefficient (Wildman–Crippen LogP) is 3.28. The van der Waals surface area contributed by atoms with Gasteiger partial charge in [0, 0.05) is 17.2 Å². The van der Waals surface area contributed by atoms with Crippen LogP contribution in [0.3, 0.4) is 0 Å². The maximum Gasteiger partial charge on any atom is 0.247 e. The second kappa shape index (κ2) is 8.42. The lowest BCUT2D eigenvalue weighted by molar-refractivity contribution is -0.131. The lowest BCUT2D eigenvalue weighted by atomic mass is 9.49. The van der Waals surface area contributed by atoms with E-state index in [2.05, 4.69) is 21.5 Å². The summed E-state index contributed by atoms with van der Waals surface area (Å²) in [7, 11) is 0. The summed E-state index contributed by atoms with van der Waals surface area (Å²) in [5.74, 6) is 1.33. The Morgan fingerprint density at radius 3 is 2.28 bits per heavy atom. The number of carbonyl (C=O) groups excluding carboxylic acids is 3. The number of nitrogens with one attached hydrogen (secondary N) is 3. The van der Waals surface area contributed by atoms with E-state index in [-0.39, 0.29) is 17.7 Å². The van der Waals surface area contributed by atoms with Crippen molar-refractivity contribution in [2.75, 3.05) is 5.32 Å². The average Bonchev–Trinajstić information content (AvgIpc) is 3.13. The Bertz CT molecular complexity index is 755. The molecule has 8 heteroatoms. The van der Waals surface area contributed by atoms with E-state index in [1.165, 1.54) is 49.9 Å². The summed E-state index contributed by atoms with van der Waals surface area (Å²) in [5.41, 5.74) is 5.95. The second-order valence-electron chi connectivity index (χ2n) is 9.16. The Labute approximate surface area is 175 Å². The minimum Gasteiger partial charge on any atom is -0.302 e. The molecule has 3 N–H and O–H groups in total. The zero-order chi connectivity index (χ0) is 20.4. The van der Waals surface area contributed by atoms with E-state index in [1.54, 1.807) is 0 Å². The summed E-state index contributed by atoms with van der Waals surface area (Å²) in [6.45, 7) is 1.99. The third-order valence-corrected chi connectivity index (χ3v) is 7.51. The van der Waals surface area contributed by atoms with Crippen molar-refractivity contribution in [1.82, 2.24) is 15.8 Å². The van der Waals surface area contributed by atoms with Crippen LogP contribution in [0.25, 0.3) is 0 Å². The number of aromatic nitrogens is 1. The SMILES string of the molecule is CCCCC(=O)NNC(=O)CC(=O)Nc1nc(C23CC4CC(CC(C4)C2)C3)cs1. The minimum absolute atomic E-state index is 0.203. The third-order valence-electron chi connectivity index (χ3n) is 6.75. The summed E-state index contributed by atoms with van der Waals surface area (Å²) in [5, 5.41) is 5.39. The minimum atomic E-state index is -0.537. The van der Waals surface area contributed by atoms with Crippen LogP contribution in [-0.4, -0.2) is 22.7 Å². The van der Waals surface area contributed by atoms with Crippen LogP contribution in [0.2, 0.25) is 0 Å². The van der Waals surface area contributed by atoms with Gasteiger partial charge in [0.25, 0.3) is 0 Å². The first-order valence-electron chi connectivity index (χ1n) is 10.8. The van der Waals surface area contributed by atoms with Crippen molar-refractivity contribution < 1.29 is 14.4 Å². The van der Waals surface area contributed by atoms with Gasteiger partial charge in [-0.05, 0) is 62.7 Å². The lowest BCUT2D eigenvalue weighted by Gasteiger charge is -2.56. The number of anilines is 1. The quantitative estimate of drug-likeness (QED) is 0.467. The molecule has 0 saturated heterocycles. The van der Waals surface area contributed by atoms with Crippen LogP contribution in [0.5, 0.6) is 0 Å². The summed E-state index contributed by atoms with van der Waals surface area (Å²) in [4.78, 5) is 40.3. The Morgan fingerprint density at radius 1 is 1.03 bits per heavy atom. The molecule has 4 aliphatic carbocycles. The van der Waals surface area contributed by atoms with E-state index in [1.807, 2.05) is 6.92 Å². The Kier molecular flexibility index (Phi) is 5.90. The molecule has 29 heavy (non-hydrogen) atoms. The Morgan fingerprint density at radius 2 is 1.66 bits per heavy atom. The third kappa shape index (κ3) is 4.63. The standard InChI is InChI=1S/C21H30N4O3S/c1-2-3-4-17(26)24-25-19(28)8-18(27)23-20-22-16(12-29-20)21-9-13-5-14(10-21)7-15(6-13)11-21/h12-15H,2-11H2,1H3,(H,24,26)(H,25,28)(H,22,23,27). The molecule has 158 valence electrons. The first kappa shape index (κ1) is 20.3. The van der Waals surface area contributed by atoms with Gasteiger partial charge in [0.1, 0.15) is 6.42 Å². The lowest BCUT2D eigenvalue weighted by Crippen LogP contribution is -2.48. The van der Waals surface area contributed by atoms with Crippen LogP contribution in [0, 0.1) is 17.8 Å². The summed E-state index contributed by atoms with van der Waals surface area (Å²) in [6.07, 6.45) is 9.53. The van der Waals surface area contributed by atoms with E-state index in [4.69, 9.17) is 4.98 Å². The fourth-order valence-electron chi connectivity index (χ4n) is 5.89. The van der Waals surface area contributed by atoms with E-state index in [9.17, 15) is 14.4 Å². The first-order valence-corrected chi connectivity index (χ1v) is 11.7. The maximum atomic E-state index is 12.2. The van der Waals surface area contributed by atoms with Gasteiger partial charge in [-0.3, -0.25) is 25.2 Å². The fourth-order valence-corrected chi connectivity index (χ4v) is 6.74. The van der Waals surface area contributed by atoms with Crippen molar-refractivity contribution in [2.24, 2.45) is 17.8 Å². The molecule has 1 aromatic rings. The highest BCUT2D eigenvalue weighted by atomic mass is 32.1. The molecule has 0 atom stereocenters. The van der Waals surface area contributed by atoms with Gasteiger partial charge in [0.2, 0.25) is 17.7 Å². The Hall–Kier alpha value is -1.96. The van der Waals surface area contributed by atoms with Gasteiger partial charge < -0.3 is 5.32 Å². The molecule has 4 aliphatic rings. The molecule has 3 amide bonds. The number of thiazole rings is 1.